The highest BCUT2D eigenvalue weighted by molar-refractivity contribution is 5.74. The van der Waals surface area contributed by atoms with Crippen LogP contribution >= 0.6 is 0 Å². The largest absolute Gasteiger partial charge is 0.338 e. The molecule has 3 heteroatoms. The van der Waals surface area contributed by atoms with Gasteiger partial charge in [0.15, 0.2) is 0 Å². The van der Waals surface area contributed by atoms with E-state index < -0.39 is 0 Å². The average molecular weight is 226 g/mol. The van der Waals surface area contributed by atoms with Crippen molar-refractivity contribution in [1.29, 1.82) is 0 Å². The number of amides is 2. The second-order valence-electron chi connectivity index (χ2n) is 4.69. The van der Waals surface area contributed by atoms with Gasteiger partial charge in [-0.3, -0.25) is 0 Å². The second kappa shape index (κ2) is 8.43. The molecule has 0 atom stereocenters. The molecule has 1 saturated heterocycles. The molecule has 1 heterocycles. The van der Waals surface area contributed by atoms with Crippen LogP contribution in [0.25, 0.3) is 0 Å². The van der Waals surface area contributed by atoms with Crippen molar-refractivity contribution in [2.75, 3.05) is 19.6 Å². The molecule has 3 nitrogen and oxygen atoms in total. The molecule has 0 aromatic heterocycles. The normalized spacial score (nSPS) is 16.9. The van der Waals surface area contributed by atoms with Crippen LogP contribution in [-0.4, -0.2) is 30.6 Å². The Balaban J connectivity index is 2.08. The summed E-state index contributed by atoms with van der Waals surface area (Å²) in [4.78, 5) is 13.8. The zero-order valence-corrected chi connectivity index (χ0v) is 10.6. The summed E-state index contributed by atoms with van der Waals surface area (Å²) < 4.78 is 0. The number of urea groups is 1. The van der Waals surface area contributed by atoms with Gasteiger partial charge in [-0.05, 0) is 19.3 Å². The first-order valence-corrected chi connectivity index (χ1v) is 6.87. The lowest BCUT2D eigenvalue weighted by atomic mass is 10.2. The molecular weight excluding hydrogens is 200 g/mol. The number of rotatable bonds is 5. The van der Waals surface area contributed by atoms with Crippen LogP contribution in [-0.2, 0) is 0 Å². The van der Waals surface area contributed by atoms with E-state index >= 15 is 0 Å². The van der Waals surface area contributed by atoms with Crippen molar-refractivity contribution >= 4 is 6.03 Å². The predicted molar refractivity (Wildman–Crippen MR) is 67.6 cm³/mol. The van der Waals surface area contributed by atoms with Crippen molar-refractivity contribution in [3.63, 3.8) is 0 Å². The fraction of sp³-hybridized carbons (Fsp3) is 0.923. The summed E-state index contributed by atoms with van der Waals surface area (Å²) in [5.41, 5.74) is 0. The van der Waals surface area contributed by atoms with Crippen LogP contribution in [0, 0.1) is 0 Å². The van der Waals surface area contributed by atoms with Gasteiger partial charge in [0.05, 0.1) is 0 Å². The van der Waals surface area contributed by atoms with Crippen LogP contribution in [0.4, 0.5) is 4.79 Å². The SMILES string of the molecule is CCCCCCNC(=O)N1CCCCCC1. The van der Waals surface area contributed by atoms with Crippen molar-refractivity contribution in [1.82, 2.24) is 10.2 Å². The van der Waals surface area contributed by atoms with Gasteiger partial charge < -0.3 is 10.2 Å². The Morgan fingerprint density at radius 2 is 1.75 bits per heavy atom. The summed E-state index contributed by atoms with van der Waals surface area (Å²) in [5, 5.41) is 3.03. The first-order chi connectivity index (χ1) is 7.84. The third-order valence-electron chi connectivity index (χ3n) is 3.20. The van der Waals surface area contributed by atoms with Gasteiger partial charge in [0, 0.05) is 19.6 Å². The van der Waals surface area contributed by atoms with Crippen molar-refractivity contribution in [2.45, 2.75) is 58.3 Å². The lowest BCUT2D eigenvalue weighted by molar-refractivity contribution is 0.199. The summed E-state index contributed by atoms with van der Waals surface area (Å²) in [7, 11) is 0. The Morgan fingerprint density at radius 1 is 1.06 bits per heavy atom. The molecule has 0 aliphatic carbocycles. The summed E-state index contributed by atoms with van der Waals surface area (Å²) in [6.07, 6.45) is 9.77. The number of hydrogen-bond donors (Lipinski definition) is 1. The van der Waals surface area contributed by atoms with E-state index in [-0.39, 0.29) is 6.03 Å². The molecule has 0 bridgehead atoms. The van der Waals surface area contributed by atoms with E-state index in [4.69, 9.17) is 0 Å². The van der Waals surface area contributed by atoms with Crippen LogP contribution in [0.1, 0.15) is 58.3 Å². The van der Waals surface area contributed by atoms with E-state index in [1.54, 1.807) is 0 Å². The lowest BCUT2D eigenvalue weighted by Crippen LogP contribution is -2.40. The van der Waals surface area contributed by atoms with Crippen LogP contribution < -0.4 is 5.32 Å². The van der Waals surface area contributed by atoms with E-state index in [1.165, 1.54) is 44.9 Å². The molecule has 0 spiro atoms. The fourth-order valence-corrected chi connectivity index (χ4v) is 2.13. The molecule has 16 heavy (non-hydrogen) atoms. The van der Waals surface area contributed by atoms with Crippen LogP contribution in [0.5, 0.6) is 0 Å². The minimum Gasteiger partial charge on any atom is -0.338 e. The fourth-order valence-electron chi connectivity index (χ4n) is 2.13. The monoisotopic (exact) mass is 226 g/mol. The van der Waals surface area contributed by atoms with E-state index in [0.717, 1.165) is 26.1 Å². The standard InChI is InChI=1S/C13H26N2O/c1-2-3-4-7-10-14-13(16)15-11-8-5-6-9-12-15/h2-12H2,1H3,(H,14,16). The molecule has 0 aromatic carbocycles. The Labute approximate surface area is 99.6 Å². The molecule has 1 rings (SSSR count). The summed E-state index contributed by atoms with van der Waals surface area (Å²) in [6, 6.07) is 0.151. The molecule has 0 saturated carbocycles. The Hall–Kier alpha value is -0.730. The van der Waals surface area contributed by atoms with Gasteiger partial charge in [0.2, 0.25) is 0 Å². The van der Waals surface area contributed by atoms with Gasteiger partial charge >= 0.3 is 6.03 Å². The minimum absolute atomic E-state index is 0.151. The molecule has 1 aliphatic rings. The lowest BCUT2D eigenvalue weighted by Gasteiger charge is -2.20. The summed E-state index contributed by atoms with van der Waals surface area (Å²) in [5.74, 6) is 0. The summed E-state index contributed by atoms with van der Waals surface area (Å²) in [6.45, 7) is 4.94. The van der Waals surface area contributed by atoms with Crippen LogP contribution in [0.15, 0.2) is 0 Å². The van der Waals surface area contributed by atoms with Gasteiger partial charge in [0.1, 0.15) is 0 Å². The van der Waals surface area contributed by atoms with E-state index in [0.29, 0.717) is 0 Å². The predicted octanol–water partition coefficient (Wildman–Crippen LogP) is 3.15. The Bertz CT molecular complexity index is 186. The number of unbranched alkanes of at least 4 members (excludes halogenated alkanes) is 3. The zero-order chi connectivity index (χ0) is 11.6. The van der Waals surface area contributed by atoms with Crippen molar-refractivity contribution in [3.05, 3.63) is 0 Å². The van der Waals surface area contributed by atoms with Crippen molar-refractivity contribution in [3.8, 4) is 0 Å². The quantitative estimate of drug-likeness (QED) is 0.718. The first-order valence-electron chi connectivity index (χ1n) is 6.87. The van der Waals surface area contributed by atoms with Crippen LogP contribution in [0.3, 0.4) is 0 Å². The molecular formula is C13H26N2O. The second-order valence-corrected chi connectivity index (χ2v) is 4.69. The number of carbonyl (C=O) groups is 1. The topological polar surface area (TPSA) is 32.3 Å². The zero-order valence-electron chi connectivity index (χ0n) is 10.6. The van der Waals surface area contributed by atoms with Crippen molar-refractivity contribution in [2.24, 2.45) is 0 Å². The highest BCUT2D eigenvalue weighted by Crippen LogP contribution is 2.09. The Kier molecular flexibility index (Phi) is 7.02. The average Bonchev–Trinajstić information content (AvgIpc) is 2.57. The minimum atomic E-state index is 0.151. The molecule has 1 N–H and O–H groups in total. The molecule has 0 aromatic rings. The molecule has 2 amide bonds. The molecule has 1 aliphatic heterocycles. The first kappa shape index (κ1) is 13.3. The number of hydrogen-bond acceptors (Lipinski definition) is 1. The van der Waals surface area contributed by atoms with Crippen LogP contribution in [0.2, 0.25) is 0 Å². The maximum atomic E-state index is 11.8. The maximum absolute atomic E-state index is 11.8. The maximum Gasteiger partial charge on any atom is 0.317 e. The van der Waals surface area contributed by atoms with Gasteiger partial charge in [-0.2, -0.15) is 0 Å². The summed E-state index contributed by atoms with van der Waals surface area (Å²) >= 11 is 0. The smallest absolute Gasteiger partial charge is 0.317 e. The molecule has 0 unspecified atom stereocenters. The van der Waals surface area contributed by atoms with E-state index in [9.17, 15) is 4.79 Å². The molecule has 1 fully saturated rings. The highest BCUT2D eigenvalue weighted by atomic mass is 16.2. The molecule has 94 valence electrons. The van der Waals surface area contributed by atoms with Gasteiger partial charge in [-0.1, -0.05) is 39.0 Å². The van der Waals surface area contributed by atoms with Gasteiger partial charge in [-0.25, -0.2) is 4.79 Å². The number of nitrogens with one attached hydrogen (secondary N) is 1. The van der Waals surface area contributed by atoms with Gasteiger partial charge in [0.25, 0.3) is 0 Å². The van der Waals surface area contributed by atoms with Crippen molar-refractivity contribution < 1.29 is 4.79 Å². The third kappa shape index (κ3) is 5.38. The number of likely N-dealkylation sites (tertiary alicyclic amines) is 1. The Morgan fingerprint density at radius 3 is 2.38 bits per heavy atom. The highest BCUT2D eigenvalue weighted by Gasteiger charge is 2.14. The van der Waals surface area contributed by atoms with E-state index in [2.05, 4.69) is 12.2 Å². The molecule has 0 radical (unpaired) electrons. The third-order valence-corrected chi connectivity index (χ3v) is 3.20. The van der Waals surface area contributed by atoms with E-state index in [1.807, 2.05) is 4.90 Å². The number of nitrogens with zero attached hydrogens (tertiary/aromatic N) is 1. The number of carbonyl (C=O) groups excluding carboxylic acids is 1. The van der Waals surface area contributed by atoms with Gasteiger partial charge in [-0.15, -0.1) is 0 Å².